The van der Waals surface area contributed by atoms with E-state index < -0.39 is 11.9 Å². The Morgan fingerprint density at radius 2 is 1.71 bits per heavy atom. The molecule has 0 radical (unpaired) electrons. The minimum atomic E-state index is -0.545. The van der Waals surface area contributed by atoms with Crippen LogP contribution in [-0.2, 0) is 20.9 Å². The van der Waals surface area contributed by atoms with Crippen molar-refractivity contribution >= 4 is 34.2 Å². The van der Waals surface area contributed by atoms with E-state index >= 15 is 0 Å². The number of benzene rings is 1. The number of esters is 2. The van der Waals surface area contributed by atoms with Crippen molar-refractivity contribution in [3.8, 4) is 0 Å². The molecule has 0 atom stereocenters. The molecule has 1 aromatic heterocycles. The molecular formula is C27H35NO5S. The van der Waals surface area contributed by atoms with Gasteiger partial charge in [0.25, 0.3) is 0 Å². The van der Waals surface area contributed by atoms with Gasteiger partial charge in [-0.25, -0.2) is 9.59 Å². The minimum absolute atomic E-state index is 0.0798. The predicted molar refractivity (Wildman–Crippen MR) is 134 cm³/mol. The molecule has 1 amide bonds. The Hall–Kier alpha value is -2.67. The van der Waals surface area contributed by atoms with Crippen molar-refractivity contribution in [3.05, 3.63) is 51.9 Å². The highest BCUT2D eigenvalue weighted by molar-refractivity contribution is 7.18. The first-order valence-corrected chi connectivity index (χ1v) is 13.1. The summed E-state index contributed by atoms with van der Waals surface area (Å²) in [4.78, 5) is 38.9. The summed E-state index contributed by atoms with van der Waals surface area (Å²) in [6.45, 7) is 5.96. The standard InChI is InChI=1S/C27H35NO5S/c1-4-6-10-19-13-15-21(16-14-19)24(29)28-25-22(26(30)32-5-2)18(3)23(34-25)27(31)33-17-20-11-8-7-9-12-20/h7-9,11-12,19,21H,4-6,10,13-17H2,1-3H3,(H,28,29). The van der Waals surface area contributed by atoms with Gasteiger partial charge in [0.1, 0.15) is 16.5 Å². The monoisotopic (exact) mass is 485 g/mol. The molecule has 0 bridgehead atoms. The Balaban J connectivity index is 1.72. The van der Waals surface area contributed by atoms with Crippen molar-refractivity contribution in [2.75, 3.05) is 11.9 Å². The lowest BCUT2D eigenvalue weighted by Crippen LogP contribution is -2.27. The molecule has 0 unspecified atom stereocenters. The van der Waals surface area contributed by atoms with Gasteiger partial charge in [-0.05, 0) is 56.6 Å². The van der Waals surface area contributed by atoms with Crippen LogP contribution >= 0.6 is 11.3 Å². The van der Waals surface area contributed by atoms with Gasteiger partial charge in [0, 0.05) is 5.92 Å². The highest BCUT2D eigenvalue weighted by Gasteiger charge is 2.30. The molecule has 0 saturated heterocycles. The van der Waals surface area contributed by atoms with Crippen LogP contribution in [0.15, 0.2) is 30.3 Å². The van der Waals surface area contributed by atoms with Gasteiger partial charge in [-0.1, -0.05) is 56.5 Å². The number of carbonyl (C=O) groups excluding carboxylic acids is 3. The minimum Gasteiger partial charge on any atom is -0.462 e. The largest absolute Gasteiger partial charge is 0.462 e. The molecule has 2 aromatic rings. The molecule has 3 rings (SSSR count). The third kappa shape index (κ3) is 6.69. The maximum absolute atomic E-state index is 13.0. The third-order valence-electron chi connectivity index (χ3n) is 6.44. The Morgan fingerprint density at radius 3 is 2.35 bits per heavy atom. The number of ether oxygens (including phenoxy) is 2. The molecule has 1 aliphatic carbocycles. The summed E-state index contributed by atoms with van der Waals surface area (Å²) in [5, 5.41) is 3.30. The number of anilines is 1. The zero-order chi connectivity index (χ0) is 24.5. The van der Waals surface area contributed by atoms with Crippen molar-refractivity contribution in [1.29, 1.82) is 0 Å². The topological polar surface area (TPSA) is 81.7 Å². The first-order chi connectivity index (χ1) is 16.4. The van der Waals surface area contributed by atoms with Crippen LogP contribution in [0.4, 0.5) is 5.00 Å². The molecule has 1 saturated carbocycles. The molecular weight excluding hydrogens is 450 g/mol. The molecule has 1 aromatic carbocycles. The number of nitrogens with one attached hydrogen (secondary N) is 1. The summed E-state index contributed by atoms with van der Waals surface area (Å²) in [6, 6.07) is 9.40. The van der Waals surface area contributed by atoms with Gasteiger partial charge >= 0.3 is 11.9 Å². The SMILES string of the molecule is CCCCC1CCC(C(=O)Nc2sc(C(=O)OCc3ccccc3)c(C)c2C(=O)OCC)CC1. The fourth-order valence-corrected chi connectivity index (χ4v) is 5.55. The quantitative estimate of drug-likeness (QED) is 0.387. The maximum atomic E-state index is 13.0. The maximum Gasteiger partial charge on any atom is 0.349 e. The molecule has 1 fully saturated rings. The molecule has 7 heteroatoms. The van der Waals surface area contributed by atoms with Crippen molar-refractivity contribution in [2.45, 2.75) is 72.3 Å². The number of rotatable bonds is 10. The van der Waals surface area contributed by atoms with E-state index in [1.807, 2.05) is 30.3 Å². The molecule has 184 valence electrons. The Labute approximate surface area is 206 Å². The van der Waals surface area contributed by atoms with Gasteiger partial charge in [0.2, 0.25) is 5.91 Å². The van der Waals surface area contributed by atoms with Crippen LogP contribution < -0.4 is 5.32 Å². The van der Waals surface area contributed by atoms with Crippen LogP contribution in [0.2, 0.25) is 0 Å². The Kier molecular flexibility index (Phi) is 9.69. The van der Waals surface area contributed by atoms with Crippen molar-refractivity contribution in [1.82, 2.24) is 0 Å². The number of thiophene rings is 1. The average Bonchev–Trinajstić information content (AvgIpc) is 3.17. The molecule has 34 heavy (non-hydrogen) atoms. The summed E-state index contributed by atoms with van der Waals surface area (Å²) >= 11 is 1.08. The number of unbranched alkanes of at least 4 members (excludes halogenated alkanes) is 1. The van der Waals surface area contributed by atoms with E-state index in [-0.39, 0.29) is 30.6 Å². The zero-order valence-corrected chi connectivity index (χ0v) is 21.2. The lowest BCUT2D eigenvalue weighted by Gasteiger charge is -2.27. The number of hydrogen-bond acceptors (Lipinski definition) is 6. The fourth-order valence-electron chi connectivity index (χ4n) is 4.45. The molecule has 1 N–H and O–H groups in total. The van der Waals surface area contributed by atoms with Gasteiger partial charge in [0.15, 0.2) is 0 Å². The molecule has 6 nitrogen and oxygen atoms in total. The summed E-state index contributed by atoms with van der Waals surface area (Å²) in [7, 11) is 0. The predicted octanol–water partition coefficient (Wildman–Crippen LogP) is 6.53. The zero-order valence-electron chi connectivity index (χ0n) is 20.4. The fraction of sp³-hybridized carbons (Fsp3) is 0.519. The lowest BCUT2D eigenvalue weighted by molar-refractivity contribution is -0.121. The average molecular weight is 486 g/mol. The van der Waals surface area contributed by atoms with Gasteiger partial charge in [-0.2, -0.15) is 0 Å². The van der Waals surface area contributed by atoms with Gasteiger partial charge in [-0.15, -0.1) is 11.3 Å². The van der Waals surface area contributed by atoms with Crippen LogP contribution in [0, 0.1) is 18.8 Å². The van der Waals surface area contributed by atoms with Crippen molar-refractivity contribution < 1.29 is 23.9 Å². The Bertz CT molecular complexity index is 976. The van der Waals surface area contributed by atoms with E-state index in [1.165, 1.54) is 19.3 Å². The van der Waals surface area contributed by atoms with E-state index in [0.717, 1.165) is 42.6 Å². The van der Waals surface area contributed by atoms with E-state index in [0.29, 0.717) is 21.4 Å². The number of carbonyl (C=O) groups is 3. The van der Waals surface area contributed by atoms with Crippen LogP contribution in [0.25, 0.3) is 0 Å². The van der Waals surface area contributed by atoms with E-state index in [9.17, 15) is 14.4 Å². The number of hydrogen-bond donors (Lipinski definition) is 1. The van der Waals surface area contributed by atoms with E-state index in [4.69, 9.17) is 9.47 Å². The Morgan fingerprint density at radius 1 is 1.00 bits per heavy atom. The lowest BCUT2D eigenvalue weighted by atomic mass is 9.79. The van der Waals surface area contributed by atoms with Crippen LogP contribution in [0.3, 0.4) is 0 Å². The first-order valence-electron chi connectivity index (χ1n) is 12.3. The molecule has 1 aliphatic rings. The summed E-state index contributed by atoms with van der Waals surface area (Å²) in [5.74, 6) is -0.534. The highest BCUT2D eigenvalue weighted by atomic mass is 32.1. The molecule has 0 spiro atoms. The normalized spacial score (nSPS) is 17.7. The van der Waals surface area contributed by atoms with Crippen LogP contribution in [-0.4, -0.2) is 24.5 Å². The summed E-state index contributed by atoms with van der Waals surface area (Å²) in [6.07, 6.45) is 7.49. The van der Waals surface area contributed by atoms with Gasteiger partial charge in [-0.3, -0.25) is 4.79 Å². The van der Waals surface area contributed by atoms with E-state index in [2.05, 4.69) is 12.2 Å². The second-order valence-corrected chi connectivity index (χ2v) is 9.91. The van der Waals surface area contributed by atoms with Crippen molar-refractivity contribution in [2.24, 2.45) is 11.8 Å². The number of amides is 1. The van der Waals surface area contributed by atoms with Crippen LogP contribution in [0.5, 0.6) is 0 Å². The summed E-state index contributed by atoms with van der Waals surface area (Å²) in [5.41, 5.74) is 1.59. The van der Waals surface area contributed by atoms with Crippen LogP contribution in [0.1, 0.15) is 89.9 Å². The van der Waals surface area contributed by atoms with Crippen molar-refractivity contribution in [3.63, 3.8) is 0 Å². The third-order valence-corrected chi connectivity index (χ3v) is 7.63. The molecule has 1 heterocycles. The highest BCUT2D eigenvalue weighted by Crippen LogP contribution is 2.37. The van der Waals surface area contributed by atoms with Gasteiger partial charge < -0.3 is 14.8 Å². The first kappa shape index (κ1) is 25.9. The second kappa shape index (κ2) is 12.7. The summed E-state index contributed by atoms with van der Waals surface area (Å²) < 4.78 is 10.7. The second-order valence-electron chi connectivity index (χ2n) is 8.89. The smallest absolute Gasteiger partial charge is 0.349 e. The van der Waals surface area contributed by atoms with E-state index in [1.54, 1.807) is 13.8 Å². The van der Waals surface area contributed by atoms with Gasteiger partial charge in [0.05, 0.1) is 12.2 Å². The molecule has 0 aliphatic heterocycles.